The van der Waals surface area contributed by atoms with E-state index in [1.165, 1.54) is 6.42 Å². The van der Waals surface area contributed by atoms with Crippen LogP contribution in [0.5, 0.6) is 0 Å². The van der Waals surface area contributed by atoms with Gasteiger partial charge in [-0.1, -0.05) is 0 Å². The molecule has 0 aromatic carbocycles. The normalized spacial score (nSPS) is 23.5. The molecule has 4 heteroatoms. The van der Waals surface area contributed by atoms with Gasteiger partial charge in [-0.2, -0.15) is 0 Å². The van der Waals surface area contributed by atoms with Crippen molar-refractivity contribution in [2.75, 3.05) is 26.1 Å². The number of likely N-dealkylation sites (N-methyl/N-ethyl adjacent to an activating group) is 1. The lowest BCUT2D eigenvalue weighted by Gasteiger charge is -2.10. The maximum absolute atomic E-state index is 10.2. The van der Waals surface area contributed by atoms with E-state index < -0.39 is 10.8 Å². The number of hydrogen-bond acceptors (Lipinski definition) is 3. The van der Waals surface area contributed by atoms with Crippen LogP contribution < -0.4 is 0 Å². The molecule has 0 bridgehead atoms. The summed E-state index contributed by atoms with van der Waals surface area (Å²) in [5.41, 5.74) is 0. The molecule has 12 heavy (non-hydrogen) atoms. The molecule has 0 radical (unpaired) electrons. The predicted octanol–water partition coefficient (Wildman–Crippen LogP) is 0.274. The van der Waals surface area contributed by atoms with Crippen molar-refractivity contribution in [2.24, 2.45) is 0 Å². The third-order valence-corrected chi connectivity index (χ3v) is 1.73. The van der Waals surface area contributed by atoms with Gasteiger partial charge in [0.05, 0.1) is 6.04 Å². The van der Waals surface area contributed by atoms with Gasteiger partial charge in [0.1, 0.15) is 6.29 Å². The average molecular weight is 191 g/mol. The van der Waals surface area contributed by atoms with Gasteiger partial charge in [0.25, 0.3) is 0 Å². The molecule has 0 saturated carbocycles. The van der Waals surface area contributed by atoms with Crippen LogP contribution in [-0.2, 0) is 15.6 Å². The van der Waals surface area contributed by atoms with Crippen LogP contribution in [-0.4, -0.2) is 47.5 Å². The van der Waals surface area contributed by atoms with E-state index in [2.05, 4.69) is 4.90 Å². The number of hydrogen-bond donors (Lipinski definition) is 0. The highest BCUT2D eigenvalue weighted by Gasteiger charge is 2.18. The average Bonchev–Trinajstić information content (AvgIpc) is 2.33. The first kappa shape index (κ1) is 11.8. The van der Waals surface area contributed by atoms with Gasteiger partial charge < -0.3 is 4.79 Å². The maximum atomic E-state index is 10.2. The first-order valence-electron chi connectivity index (χ1n) is 3.98. The third-order valence-electron chi connectivity index (χ3n) is 1.73. The number of likely N-dealkylation sites (tertiary alicyclic amines) is 1. The quantitative estimate of drug-likeness (QED) is 0.558. The van der Waals surface area contributed by atoms with E-state index in [9.17, 15) is 9.00 Å². The molecule has 0 spiro atoms. The fourth-order valence-electron chi connectivity index (χ4n) is 1.11. The van der Waals surface area contributed by atoms with Crippen LogP contribution in [0.1, 0.15) is 12.8 Å². The van der Waals surface area contributed by atoms with E-state index >= 15 is 0 Å². The highest BCUT2D eigenvalue weighted by molar-refractivity contribution is 7.83. The molecule has 1 saturated heterocycles. The summed E-state index contributed by atoms with van der Waals surface area (Å²) in [5.74, 6) is 0. The molecule has 0 N–H and O–H groups in total. The third kappa shape index (κ3) is 5.43. The SMILES string of the molecule is CN1CCCC1C=O.CS(C)=O. The summed E-state index contributed by atoms with van der Waals surface area (Å²) in [4.78, 5) is 12.3. The molecule has 0 aliphatic carbocycles. The molecule has 1 atom stereocenters. The fourth-order valence-corrected chi connectivity index (χ4v) is 1.11. The van der Waals surface area contributed by atoms with E-state index in [0.29, 0.717) is 0 Å². The minimum atomic E-state index is -0.611. The van der Waals surface area contributed by atoms with Crippen molar-refractivity contribution >= 4 is 17.1 Å². The summed E-state index contributed by atoms with van der Waals surface area (Å²) in [5, 5.41) is 0. The highest BCUT2D eigenvalue weighted by atomic mass is 32.2. The van der Waals surface area contributed by atoms with E-state index in [4.69, 9.17) is 0 Å². The zero-order valence-electron chi connectivity index (χ0n) is 7.95. The number of rotatable bonds is 1. The van der Waals surface area contributed by atoms with Crippen LogP contribution in [0.3, 0.4) is 0 Å². The molecule has 0 aromatic rings. The molecule has 0 aromatic heterocycles. The van der Waals surface area contributed by atoms with Crippen LogP contribution in [0.2, 0.25) is 0 Å². The van der Waals surface area contributed by atoms with Crippen molar-refractivity contribution in [3.8, 4) is 0 Å². The van der Waals surface area contributed by atoms with E-state index in [1.807, 2.05) is 7.05 Å². The Labute approximate surface area is 76.6 Å². The second-order valence-corrected chi connectivity index (χ2v) is 4.55. The molecule has 1 unspecified atom stereocenters. The Hall–Kier alpha value is -0.220. The minimum absolute atomic E-state index is 0.218. The van der Waals surface area contributed by atoms with Crippen molar-refractivity contribution in [1.82, 2.24) is 4.90 Å². The Kier molecular flexibility index (Phi) is 6.20. The number of nitrogens with zero attached hydrogens (tertiary/aromatic N) is 1. The maximum Gasteiger partial charge on any atom is 0.137 e. The highest BCUT2D eigenvalue weighted by Crippen LogP contribution is 2.11. The van der Waals surface area contributed by atoms with Crippen LogP contribution in [0.4, 0.5) is 0 Å². The number of aldehydes is 1. The molecular weight excluding hydrogens is 174 g/mol. The Bertz CT molecular complexity index is 157. The molecular formula is C8H17NO2S. The zero-order chi connectivity index (χ0) is 9.56. The molecule has 1 aliphatic heterocycles. The molecule has 3 nitrogen and oxygen atoms in total. The first-order valence-corrected chi connectivity index (χ1v) is 5.95. The largest absolute Gasteiger partial charge is 0.302 e. The Morgan fingerprint density at radius 1 is 1.50 bits per heavy atom. The lowest BCUT2D eigenvalue weighted by molar-refractivity contribution is -0.111. The summed E-state index contributed by atoms with van der Waals surface area (Å²) < 4.78 is 9.56. The lowest BCUT2D eigenvalue weighted by Crippen LogP contribution is -2.25. The molecule has 1 rings (SSSR count). The van der Waals surface area contributed by atoms with E-state index in [0.717, 1.165) is 19.3 Å². The first-order chi connectivity index (χ1) is 5.57. The van der Waals surface area contributed by atoms with Crippen molar-refractivity contribution in [3.05, 3.63) is 0 Å². The summed E-state index contributed by atoms with van der Waals surface area (Å²) in [6.07, 6.45) is 6.55. The van der Waals surface area contributed by atoms with E-state index in [1.54, 1.807) is 12.5 Å². The van der Waals surface area contributed by atoms with Crippen LogP contribution >= 0.6 is 0 Å². The van der Waals surface area contributed by atoms with Gasteiger partial charge in [-0.15, -0.1) is 0 Å². The standard InChI is InChI=1S/C6H11NO.C2H6OS/c1-7-4-2-3-6(7)5-8;1-4(2)3/h5-6H,2-4H2,1H3;1-2H3. The van der Waals surface area contributed by atoms with Crippen molar-refractivity contribution in [1.29, 1.82) is 0 Å². The topological polar surface area (TPSA) is 37.4 Å². The minimum Gasteiger partial charge on any atom is -0.302 e. The summed E-state index contributed by atoms with van der Waals surface area (Å²) in [6, 6.07) is 0.218. The molecule has 0 amide bonds. The molecule has 1 heterocycles. The van der Waals surface area contributed by atoms with Crippen LogP contribution in [0.15, 0.2) is 0 Å². The monoisotopic (exact) mass is 191 g/mol. The van der Waals surface area contributed by atoms with Gasteiger partial charge in [-0.25, -0.2) is 0 Å². The molecule has 1 aliphatic rings. The lowest BCUT2D eigenvalue weighted by atomic mass is 10.2. The molecule has 1 fully saturated rings. The smallest absolute Gasteiger partial charge is 0.137 e. The van der Waals surface area contributed by atoms with Crippen molar-refractivity contribution in [3.63, 3.8) is 0 Å². The van der Waals surface area contributed by atoms with Gasteiger partial charge in [0.2, 0.25) is 0 Å². The Morgan fingerprint density at radius 3 is 2.17 bits per heavy atom. The second kappa shape index (κ2) is 6.31. The molecule has 72 valence electrons. The van der Waals surface area contributed by atoms with Crippen LogP contribution in [0.25, 0.3) is 0 Å². The van der Waals surface area contributed by atoms with Crippen molar-refractivity contribution in [2.45, 2.75) is 18.9 Å². The summed E-state index contributed by atoms with van der Waals surface area (Å²) in [6.45, 7) is 1.09. The zero-order valence-corrected chi connectivity index (χ0v) is 8.76. The van der Waals surface area contributed by atoms with Gasteiger partial charge in [0, 0.05) is 23.3 Å². The van der Waals surface area contributed by atoms with E-state index in [-0.39, 0.29) is 6.04 Å². The number of carbonyl (C=O) groups excluding carboxylic acids is 1. The number of carbonyl (C=O) groups is 1. The Morgan fingerprint density at radius 2 is 2.00 bits per heavy atom. The van der Waals surface area contributed by atoms with Gasteiger partial charge in [0.15, 0.2) is 0 Å². The van der Waals surface area contributed by atoms with Crippen LogP contribution in [0, 0.1) is 0 Å². The second-order valence-electron chi connectivity index (χ2n) is 3.07. The summed E-state index contributed by atoms with van der Waals surface area (Å²) in [7, 11) is 1.38. The van der Waals surface area contributed by atoms with Crippen molar-refractivity contribution < 1.29 is 9.00 Å². The van der Waals surface area contributed by atoms with Gasteiger partial charge >= 0.3 is 0 Å². The summed E-state index contributed by atoms with van der Waals surface area (Å²) >= 11 is 0. The Balaban J connectivity index is 0.000000261. The van der Waals surface area contributed by atoms with Gasteiger partial charge in [-0.3, -0.25) is 9.11 Å². The predicted molar refractivity (Wildman–Crippen MR) is 51.7 cm³/mol. The van der Waals surface area contributed by atoms with Gasteiger partial charge in [-0.05, 0) is 26.4 Å². The fraction of sp³-hybridized carbons (Fsp3) is 0.875.